The number of nitrogens with one attached hydrogen (secondary N) is 2. The van der Waals surface area contributed by atoms with E-state index in [0.29, 0.717) is 24.6 Å². The van der Waals surface area contributed by atoms with Crippen LogP contribution in [0.5, 0.6) is 0 Å². The monoisotopic (exact) mass is 418 g/mol. The van der Waals surface area contributed by atoms with E-state index in [1.165, 1.54) is 23.2 Å². The third kappa shape index (κ3) is 5.52. The van der Waals surface area contributed by atoms with E-state index in [1.807, 2.05) is 6.92 Å². The van der Waals surface area contributed by atoms with E-state index in [2.05, 4.69) is 15.2 Å². The molecule has 3 rings (SSSR count). The smallest absolute Gasteiger partial charge is 0.329 e. The minimum atomic E-state index is -3.65. The SMILES string of the molecule is Cc1ccc(S(=O)(=O)NCc2ccc(/C=N/NC(=O)C(=O)N3CCCC3)o2)cc1. The molecule has 0 unspecified atom stereocenters. The summed E-state index contributed by atoms with van der Waals surface area (Å²) < 4.78 is 32.5. The van der Waals surface area contributed by atoms with Crippen molar-refractivity contribution in [2.24, 2.45) is 5.10 Å². The maximum atomic E-state index is 12.3. The molecule has 154 valence electrons. The highest BCUT2D eigenvalue weighted by Gasteiger charge is 2.24. The summed E-state index contributed by atoms with van der Waals surface area (Å²) in [5, 5.41) is 3.71. The molecule has 0 spiro atoms. The number of rotatable bonds is 6. The van der Waals surface area contributed by atoms with Gasteiger partial charge in [-0.05, 0) is 44.0 Å². The molecule has 1 fully saturated rings. The van der Waals surface area contributed by atoms with Gasteiger partial charge in [0, 0.05) is 13.1 Å². The molecule has 1 aliphatic rings. The first-order valence-corrected chi connectivity index (χ1v) is 10.6. The number of likely N-dealkylation sites (tertiary alicyclic amines) is 1. The maximum Gasteiger partial charge on any atom is 0.329 e. The first-order valence-electron chi connectivity index (χ1n) is 9.12. The Morgan fingerprint density at radius 3 is 2.52 bits per heavy atom. The molecular weight excluding hydrogens is 396 g/mol. The van der Waals surface area contributed by atoms with Gasteiger partial charge in [-0.15, -0.1) is 0 Å². The average Bonchev–Trinajstić information content (AvgIpc) is 3.38. The second-order valence-electron chi connectivity index (χ2n) is 6.64. The molecular formula is C19H22N4O5S. The zero-order valence-electron chi connectivity index (χ0n) is 15.9. The van der Waals surface area contributed by atoms with Crippen LogP contribution in [0.2, 0.25) is 0 Å². The molecule has 0 atom stereocenters. The second-order valence-corrected chi connectivity index (χ2v) is 8.41. The van der Waals surface area contributed by atoms with E-state index in [4.69, 9.17) is 4.42 Å². The van der Waals surface area contributed by atoms with Crippen LogP contribution in [-0.4, -0.2) is 44.4 Å². The van der Waals surface area contributed by atoms with Crippen LogP contribution in [0.15, 0.2) is 50.8 Å². The Hall–Kier alpha value is -2.98. The van der Waals surface area contributed by atoms with Gasteiger partial charge in [0.1, 0.15) is 11.5 Å². The molecule has 10 heteroatoms. The molecule has 1 aromatic heterocycles. The standard InChI is InChI=1S/C19H22N4O5S/c1-14-4-8-17(9-5-14)29(26,27)21-13-16-7-6-15(28-16)12-20-22-18(24)19(25)23-10-2-3-11-23/h4-9,12,21H,2-3,10-11,13H2,1H3,(H,22,24)/b20-12+. The lowest BCUT2D eigenvalue weighted by Crippen LogP contribution is -2.39. The molecule has 29 heavy (non-hydrogen) atoms. The number of hydrogen-bond acceptors (Lipinski definition) is 6. The van der Waals surface area contributed by atoms with Crippen molar-refractivity contribution < 1.29 is 22.4 Å². The quantitative estimate of drug-likeness (QED) is 0.414. The third-order valence-corrected chi connectivity index (χ3v) is 5.81. The Kier molecular flexibility index (Phi) is 6.45. The molecule has 0 radical (unpaired) electrons. The zero-order valence-corrected chi connectivity index (χ0v) is 16.7. The number of hydrogen-bond donors (Lipinski definition) is 2. The van der Waals surface area contributed by atoms with Crippen LogP contribution in [0.1, 0.15) is 29.9 Å². The number of furan rings is 1. The third-order valence-electron chi connectivity index (χ3n) is 4.40. The number of hydrazone groups is 1. The summed E-state index contributed by atoms with van der Waals surface area (Å²) in [4.78, 5) is 25.3. The number of sulfonamides is 1. The fourth-order valence-corrected chi connectivity index (χ4v) is 3.79. The molecule has 0 saturated carbocycles. The molecule has 1 saturated heterocycles. The number of carbonyl (C=O) groups is 2. The van der Waals surface area contributed by atoms with Crippen LogP contribution >= 0.6 is 0 Å². The molecule has 2 heterocycles. The highest BCUT2D eigenvalue weighted by Crippen LogP contribution is 2.12. The molecule has 9 nitrogen and oxygen atoms in total. The van der Waals surface area contributed by atoms with E-state index >= 15 is 0 Å². The van der Waals surface area contributed by atoms with Gasteiger partial charge >= 0.3 is 11.8 Å². The summed E-state index contributed by atoms with van der Waals surface area (Å²) in [5.41, 5.74) is 3.13. The summed E-state index contributed by atoms with van der Waals surface area (Å²) >= 11 is 0. The van der Waals surface area contributed by atoms with Crippen molar-refractivity contribution in [1.29, 1.82) is 0 Å². The number of aryl methyl sites for hydroxylation is 1. The molecule has 0 bridgehead atoms. The Balaban J connectivity index is 1.51. The van der Waals surface area contributed by atoms with Gasteiger partial charge < -0.3 is 9.32 Å². The first-order chi connectivity index (χ1) is 13.8. The fraction of sp³-hybridized carbons (Fsp3) is 0.316. The topological polar surface area (TPSA) is 121 Å². The summed E-state index contributed by atoms with van der Waals surface area (Å²) in [6, 6.07) is 9.68. The van der Waals surface area contributed by atoms with Gasteiger partial charge in [-0.1, -0.05) is 17.7 Å². The summed E-state index contributed by atoms with van der Waals surface area (Å²) in [6.07, 6.45) is 3.03. The van der Waals surface area contributed by atoms with Crippen LogP contribution in [0.3, 0.4) is 0 Å². The zero-order chi connectivity index (χ0) is 20.9. The molecule has 1 aromatic carbocycles. The Labute approximate surface area is 168 Å². The van der Waals surface area contributed by atoms with Crippen molar-refractivity contribution >= 4 is 28.1 Å². The number of nitrogens with zero attached hydrogens (tertiary/aromatic N) is 2. The van der Waals surface area contributed by atoms with E-state index in [1.54, 1.807) is 24.3 Å². The van der Waals surface area contributed by atoms with Gasteiger partial charge in [-0.25, -0.2) is 18.6 Å². The van der Waals surface area contributed by atoms with Crippen LogP contribution < -0.4 is 10.1 Å². The lowest BCUT2D eigenvalue weighted by Gasteiger charge is -2.12. The number of carbonyl (C=O) groups excluding carboxylic acids is 2. The largest absolute Gasteiger partial charge is 0.459 e. The lowest BCUT2D eigenvalue weighted by atomic mass is 10.2. The summed E-state index contributed by atoms with van der Waals surface area (Å²) in [7, 11) is -3.65. The number of benzene rings is 1. The van der Waals surface area contributed by atoms with Crippen molar-refractivity contribution in [2.45, 2.75) is 31.2 Å². The van der Waals surface area contributed by atoms with E-state index in [-0.39, 0.29) is 11.4 Å². The maximum absolute atomic E-state index is 12.3. The molecule has 2 amide bonds. The fourth-order valence-electron chi connectivity index (χ4n) is 2.79. The lowest BCUT2D eigenvalue weighted by molar-refractivity contribution is -0.145. The van der Waals surface area contributed by atoms with Crippen molar-refractivity contribution in [3.05, 3.63) is 53.5 Å². The van der Waals surface area contributed by atoms with Gasteiger partial charge in [-0.2, -0.15) is 5.10 Å². The predicted molar refractivity (Wildman–Crippen MR) is 105 cm³/mol. The molecule has 2 N–H and O–H groups in total. The van der Waals surface area contributed by atoms with Gasteiger partial charge in [0.25, 0.3) is 0 Å². The van der Waals surface area contributed by atoms with Crippen LogP contribution in [0, 0.1) is 6.92 Å². The van der Waals surface area contributed by atoms with Crippen molar-refractivity contribution in [3.8, 4) is 0 Å². The minimum Gasteiger partial charge on any atom is -0.459 e. The van der Waals surface area contributed by atoms with Crippen LogP contribution in [-0.2, 0) is 26.2 Å². The van der Waals surface area contributed by atoms with Crippen molar-refractivity contribution in [3.63, 3.8) is 0 Å². The minimum absolute atomic E-state index is 0.0378. The van der Waals surface area contributed by atoms with Gasteiger partial charge in [0.05, 0.1) is 17.7 Å². The number of amides is 2. The molecule has 2 aromatic rings. The van der Waals surface area contributed by atoms with Gasteiger partial charge in [-0.3, -0.25) is 9.59 Å². The average molecular weight is 418 g/mol. The van der Waals surface area contributed by atoms with Gasteiger partial charge in [0.2, 0.25) is 10.0 Å². The molecule has 1 aliphatic heterocycles. The Bertz CT molecular complexity index is 1010. The first kappa shape index (κ1) is 20.7. The van der Waals surface area contributed by atoms with Crippen molar-refractivity contribution in [2.75, 3.05) is 13.1 Å². The summed E-state index contributed by atoms with van der Waals surface area (Å²) in [5.74, 6) is -0.726. The highest BCUT2D eigenvalue weighted by atomic mass is 32.2. The van der Waals surface area contributed by atoms with Crippen LogP contribution in [0.25, 0.3) is 0 Å². The normalized spacial score (nSPS) is 14.4. The Morgan fingerprint density at radius 1 is 1.14 bits per heavy atom. The molecule has 0 aliphatic carbocycles. The Morgan fingerprint density at radius 2 is 1.83 bits per heavy atom. The highest BCUT2D eigenvalue weighted by molar-refractivity contribution is 7.89. The van der Waals surface area contributed by atoms with E-state index in [0.717, 1.165) is 18.4 Å². The van der Waals surface area contributed by atoms with Crippen LogP contribution in [0.4, 0.5) is 0 Å². The van der Waals surface area contributed by atoms with E-state index in [9.17, 15) is 18.0 Å². The second kappa shape index (κ2) is 9.01. The van der Waals surface area contributed by atoms with Gasteiger partial charge in [0.15, 0.2) is 0 Å². The van der Waals surface area contributed by atoms with Crippen molar-refractivity contribution in [1.82, 2.24) is 15.0 Å². The summed E-state index contributed by atoms with van der Waals surface area (Å²) in [6.45, 7) is 3.00. The van der Waals surface area contributed by atoms with E-state index < -0.39 is 21.8 Å². The predicted octanol–water partition coefficient (Wildman–Crippen LogP) is 1.14.